The van der Waals surface area contributed by atoms with Crippen LogP contribution < -0.4 is 5.69 Å². The molecule has 0 spiro atoms. The van der Waals surface area contributed by atoms with Gasteiger partial charge in [-0.05, 0) is 67.6 Å². The number of H-pyrrole nitrogens is 1. The number of esters is 1. The summed E-state index contributed by atoms with van der Waals surface area (Å²) in [6.45, 7) is 1.51. The fourth-order valence-corrected chi connectivity index (χ4v) is 3.57. The van der Waals surface area contributed by atoms with Gasteiger partial charge in [-0.1, -0.05) is 12.1 Å². The van der Waals surface area contributed by atoms with Crippen LogP contribution in [-0.2, 0) is 17.6 Å². The number of benzene rings is 2. The lowest BCUT2D eigenvalue weighted by molar-refractivity contribution is 0.0475. The lowest BCUT2D eigenvalue weighted by Crippen LogP contribution is -2.16. The molecule has 142 valence electrons. The molecule has 0 bridgehead atoms. The quantitative estimate of drug-likeness (QED) is 0.548. The second-order valence-electron chi connectivity index (χ2n) is 6.95. The number of rotatable bonds is 5. The van der Waals surface area contributed by atoms with E-state index in [2.05, 4.69) is 4.98 Å². The van der Waals surface area contributed by atoms with E-state index in [4.69, 9.17) is 4.74 Å². The van der Waals surface area contributed by atoms with Gasteiger partial charge in [0, 0.05) is 17.5 Å². The van der Waals surface area contributed by atoms with E-state index in [9.17, 15) is 14.4 Å². The lowest BCUT2D eigenvalue weighted by atomic mass is 10.0. The number of ketones is 1. The van der Waals surface area contributed by atoms with Gasteiger partial charge in [0.05, 0.1) is 11.3 Å². The van der Waals surface area contributed by atoms with E-state index in [1.165, 1.54) is 15.7 Å². The average molecular weight is 376 g/mol. The van der Waals surface area contributed by atoms with Crippen LogP contribution in [-0.4, -0.2) is 27.9 Å². The number of aryl methyl sites for hydroxylation is 3. The van der Waals surface area contributed by atoms with Crippen molar-refractivity contribution in [2.75, 3.05) is 6.61 Å². The molecule has 0 saturated carbocycles. The number of nitrogens with one attached hydrogen (secondary N) is 1. The molecular formula is C22H20N2O4. The SMILES string of the molecule is Cc1c[nH]c(=O)n1-c1ccc(C(=O)OCC(=O)c2ccc3c(c2)CCC3)cc1. The van der Waals surface area contributed by atoms with Crippen molar-refractivity contribution in [3.05, 3.63) is 87.1 Å². The Hall–Kier alpha value is -3.41. The number of Topliss-reactive ketones (excluding diaryl/α,β-unsaturated/α-hetero) is 1. The highest BCUT2D eigenvalue weighted by molar-refractivity contribution is 5.99. The topological polar surface area (TPSA) is 81.2 Å². The summed E-state index contributed by atoms with van der Waals surface area (Å²) in [4.78, 5) is 39.0. The molecule has 0 amide bonds. The van der Waals surface area contributed by atoms with Crippen LogP contribution in [0.3, 0.4) is 0 Å². The minimum atomic E-state index is -0.570. The van der Waals surface area contributed by atoms with Crippen LogP contribution in [0.1, 0.15) is 44.0 Å². The zero-order chi connectivity index (χ0) is 19.7. The van der Waals surface area contributed by atoms with Gasteiger partial charge in [0.25, 0.3) is 0 Å². The molecule has 0 atom stereocenters. The molecule has 0 saturated heterocycles. The zero-order valence-electron chi connectivity index (χ0n) is 15.5. The van der Waals surface area contributed by atoms with E-state index in [-0.39, 0.29) is 18.1 Å². The van der Waals surface area contributed by atoms with Gasteiger partial charge in [0.2, 0.25) is 0 Å². The Kier molecular flexibility index (Phi) is 4.69. The van der Waals surface area contributed by atoms with Crippen molar-refractivity contribution in [1.82, 2.24) is 9.55 Å². The largest absolute Gasteiger partial charge is 0.454 e. The molecule has 2 aromatic carbocycles. The summed E-state index contributed by atoms with van der Waals surface area (Å²) in [5.41, 5.74) is 4.58. The summed E-state index contributed by atoms with van der Waals surface area (Å²) in [5, 5.41) is 0. The lowest BCUT2D eigenvalue weighted by Gasteiger charge is -2.08. The standard InChI is InChI=1S/C22H20N2O4/c1-14-12-23-22(27)24(14)19-9-7-16(8-10-19)21(26)28-13-20(25)18-6-5-15-3-2-4-17(15)11-18/h5-12H,2-4,13H2,1H3,(H,23,27). The summed E-state index contributed by atoms with van der Waals surface area (Å²) in [5.74, 6) is -0.784. The number of nitrogens with zero attached hydrogens (tertiary/aromatic N) is 1. The van der Waals surface area contributed by atoms with Crippen LogP contribution >= 0.6 is 0 Å². The van der Waals surface area contributed by atoms with E-state index in [0.29, 0.717) is 16.8 Å². The third-order valence-corrected chi connectivity index (χ3v) is 5.08. The summed E-state index contributed by atoms with van der Waals surface area (Å²) in [7, 11) is 0. The predicted octanol–water partition coefficient (Wildman–Crippen LogP) is 3.00. The van der Waals surface area contributed by atoms with Crippen molar-refractivity contribution in [1.29, 1.82) is 0 Å². The molecule has 0 radical (unpaired) electrons. The molecule has 3 aromatic rings. The molecule has 1 aliphatic carbocycles. The van der Waals surface area contributed by atoms with E-state index in [1.807, 2.05) is 19.1 Å². The van der Waals surface area contributed by atoms with E-state index in [1.54, 1.807) is 36.5 Å². The van der Waals surface area contributed by atoms with Gasteiger partial charge < -0.3 is 9.72 Å². The molecule has 28 heavy (non-hydrogen) atoms. The number of aromatic nitrogens is 2. The molecule has 0 unspecified atom stereocenters. The molecule has 6 nitrogen and oxygen atoms in total. The number of carbonyl (C=O) groups is 2. The van der Waals surface area contributed by atoms with Gasteiger partial charge in [0.15, 0.2) is 12.4 Å². The molecular weight excluding hydrogens is 356 g/mol. The van der Waals surface area contributed by atoms with Crippen LogP contribution in [0.15, 0.2) is 53.5 Å². The van der Waals surface area contributed by atoms with Crippen molar-refractivity contribution in [3.8, 4) is 5.69 Å². The Bertz CT molecular complexity index is 1110. The van der Waals surface area contributed by atoms with Crippen molar-refractivity contribution in [3.63, 3.8) is 0 Å². The summed E-state index contributed by atoms with van der Waals surface area (Å²) >= 11 is 0. The highest BCUT2D eigenvalue weighted by atomic mass is 16.5. The van der Waals surface area contributed by atoms with Crippen LogP contribution in [0.2, 0.25) is 0 Å². The first kappa shape index (κ1) is 18.0. The van der Waals surface area contributed by atoms with Crippen LogP contribution in [0.25, 0.3) is 5.69 Å². The molecule has 0 aliphatic heterocycles. The predicted molar refractivity (Wildman–Crippen MR) is 104 cm³/mol. The fourth-order valence-electron chi connectivity index (χ4n) is 3.57. The van der Waals surface area contributed by atoms with Crippen LogP contribution in [0.5, 0.6) is 0 Å². The number of carbonyl (C=O) groups excluding carboxylic acids is 2. The number of ether oxygens (including phenoxy) is 1. The first-order chi connectivity index (χ1) is 13.5. The van der Waals surface area contributed by atoms with Gasteiger partial charge in [-0.25, -0.2) is 9.59 Å². The Balaban J connectivity index is 1.41. The fraction of sp³-hybridized carbons (Fsp3) is 0.227. The van der Waals surface area contributed by atoms with Gasteiger partial charge in [-0.15, -0.1) is 0 Å². The molecule has 1 aromatic heterocycles. The number of imidazole rings is 1. The molecule has 1 N–H and O–H groups in total. The zero-order valence-corrected chi connectivity index (χ0v) is 15.5. The van der Waals surface area contributed by atoms with E-state index < -0.39 is 5.97 Å². The monoisotopic (exact) mass is 376 g/mol. The normalized spacial score (nSPS) is 12.6. The number of aromatic amines is 1. The Morgan fingerprint density at radius 2 is 1.75 bits per heavy atom. The van der Waals surface area contributed by atoms with Crippen molar-refractivity contribution >= 4 is 11.8 Å². The first-order valence-electron chi connectivity index (χ1n) is 9.22. The second-order valence-corrected chi connectivity index (χ2v) is 6.95. The number of fused-ring (bicyclic) bond motifs is 1. The maximum atomic E-state index is 12.3. The number of hydrogen-bond donors (Lipinski definition) is 1. The smallest absolute Gasteiger partial charge is 0.338 e. The highest BCUT2D eigenvalue weighted by Gasteiger charge is 2.16. The minimum Gasteiger partial charge on any atom is -0.454 e. The van der Waals surface area contributed by atoms with Gasteiger partial charge in [-0.3, -0.25) is 9.36 Å². The Morgan fingerprint density at radius 3 is 2.46 bits per heavy atom. The van der Waals surface area contributed by atoms with Gasteiger partial charge in [0.1, 0.15) is 0 Å². The average Bonchev–Trinajstić information content (AvgIpc) is 3.31. The minimum absolute atomic E-state index is 0.214. The van der Waals surface area contributed by atoms with Gasteiger partial charge >= 0.3 is 11.7 Å². The Labute approximate surface area is 161 Å². The molecule has 0 fully saturated rings. The van der Waals surface area contributed by atoms with Crippen LogP contribution in [0.4, 0.5) is 0 Å². The molecule has 1 aliphatic rings. The van der Waals surface area contributed by atoms with Gasteiger partial charge in [-0.2, -0.15) is 0 Å². The summed E-state index contributed by atoms with van der Waals surface area (Å²) in [6.07, 6.45) is 4.79. The molecule has 6 heteroatoms. The third-order valence-electron chi connectivity index (χ3n) is 5.08. The van der Waals surface area contributed by atoms with E-state index >= 15 is 0 Å². The molecule has 4 rings (SSSR count). The molecule has 1 heterocycles. The Morgan fingerprint density at radius 1 is 1.04 bits per heavy atom. The highest BCUT2D eigenvalue weighted by Crippen LogP contribution is 2.23. The summed E-state index contributed by atoms with van der Waals surface area (Å²) in [6, 6.07) is 12.2. The first-order valence-corrected chi connectivity index (χ1v) is 9.22. The summed E-state index contributed by atoms with van der Waals surface area (Å²) < 4.78 is 6.68. The van der Waals surface area contributed by atoms with Crippen molar-refractivity contribution < 1.29 is 14.3 Å². The van der Waals surface area contributed by atoms with E-state index in [0.717, 1.165) is 25.0 Å². The van der Waals surface area contributed by atoms with Crippen LogP contribution in [0, 0.1) is 6.92 Å². The maximum Gasteiger partial charge on any atom is 0.338 e. The number of hydrogen-bond acceptors (Lipinski definition) is 4. The third kappa shape index (κ3) is 3.41. The second kappa shape index (κ2) is 7.31. The van der Waals surface area contributed by atoms with Crippen molar-refractivity contribution in [2.24, 2.45) is 0 Å². The van der Waals surface area contributed by atoms with Crippen molar-refractivity contribution in [2.45, 2.75) is 26.2 Å². The maximum absolute atomic E-state index is 12.3.